The molecule has 1 aliphatic rings. The Morgan fingerprint density at radius 3 is 2.65 bits per heavy atom. The summed E-state index contributed by atoms with van der Waals surface area (Å²) in [5.74, 6) is -0.469. The van der Waals surface area contributed by atoms with Crippen LogP contribution in [0.1, 0.15) is 33.3 Å². The van der Waals surface area contributed by atoms with E-state index in [1.54, 1.807) is 57.2 Å². The van der Waals surface area contributed by atoms with E-state index in [-0.39, 0.29) is 37.8 Å². The van der Waals surface area contributed by atoms with Crippen molar-refractivity contribution in [1.29, 1.82) is 0 Å². The first-order valence-electron chi connectivity index (χ1n) is 13.6. The van der Waals surface area contributed by atoms with Crippen molar-refractivity contribution in [3.05, 3.63) is 60.2 Å². The predicted molar refractivity (Wildman–Crippen MR) is 158 cm³/mol. The fraction of sp³-hybridized carbons (Fsp3) is 0.414. The molecule has 43 heavy (non-hydrogen) atoms. The number of benzene rings is 2. The molecule has 0 bridgehead atoms. The second kappa shape index (κ2) is 13.9. The molecule has 0 aliphatic carbocycles. The Balaban J connectivity index is 1.42. The molecule has 3 N–H and O–H groups in total. The number of carbonyl (C=O) groups is 3. The Morgan fingerprint density at radius 1 is 1.28 bits per heavy atom. The number of aromatic nitrogens is 3. The van der Waals surface area contributed by atoms with Gasteiger partial charge in [0.05, 0.1) is 31.4 Å². The fourth-order valence-electron chi connectivity index (χ4n) is 4.29. The van der Waals surface area contributed by atoms with Crippen LogP contribution < -0.4 is 10.2 Å². The Labute approximate surface area is 252 Å². The normalized spacial score (nSPS) is 15.6. The van der Waals surface area contributed by atoms with Gasteiger partial charge in [-0.15, -0.1) is 0 Å². The molecule has 230 valence electrons. The van der Waals surface area contributed by atoms with Crippen molar-refractivity contribution in [1.82, 2.24) is 25.4 Å². The molecule has 4 rings (SSSR count). The third kappa shape index (κ3) is 9.16. The van der Waals surface area contributed by atoms with Gasteiger partial charge in [-0.05, 0) is 50.1 Å². The summed E-state index contributed by atoms with van der Waals surface area (Å²) in [6.07, 6.45) is -1.19. The van der Waals surface area contributed by atoms with Crippen LogP contribution in [0.4, 0.5) is 19.7 Å². The van der Waals surface area contributed by atoms with E-state index >= 15 is 4.39 Å². The summed E-state index contributed by atoms with van der Waals surface area (Å²) < 4.78 is 26.0. The van der Waals surface area contributed by atoms with Crippen LogP contribution in [0.5, 0.6) is 0 Å². The van der Waals surface area contributed by atoms with E-state index in [2.05, 4.69) is 20.5 Å². The highest BCUT2D eigenvalue weighted by Gasteiger charge is 2.33. The van der Waals surface area contributed by atoms with Crippen molar-refractivity contribution < 1.29 is 33.4 Å². The smallest absolute Gasteiger partial charge is 0.414 e. The molecule has 1 fully saturated rings. The number of aromatic amines is 1. The quantitative estimate of drug-likeness (QED) is 0.273. The minimum absolute atomic E-state index is 0.0263. The summed E-state index contributed by atoms with van der Waals surface area (Å²) >= 11 is 1.28. The number of hydrogen-bond acceptors (Lipinski definition) is 9. The molecule has 2 heterocycles. The van der Waals surface area contributed by atoms with Crippen molar-refractivity contribution in [2.75, 3.05) is 30.3 Å². The van der Waals surface area contributed by atoms with Gasteiger partial charge in [0, 0.05) is 24.8 Å². The molecule has 2 aromatic carbocycles. The maximum absolute atomic E-state index is 15.2. The molecule has 2 unspecified atom stereocenters. The molecule has 3 aromatic rings. The van der Waals surface area contributed by atoms with Crippen LogP contribution in [0.2, 0.25) is 0 Å². The van der Waals surface area contributed by atoms with Crippen LogP contribution in [0.3, 0.4) is 0 Å². The summed E-state index contributed by atoms with van der Waals surface area (Å²) in [4.78, 5) is 43.2. The number of hydrogen-bond donors (Lipinski definition) is 3. The summed E-state index contributed by atoms with van der Waals surface area (Å²) in [6, 6.07) is 11.5. The summed E-state index contributed by atoms with van der Waals surface area (Å²) in [5.41, 5.74) is 1.32. The predicted octanol–water partition coefficient (Wildman–Crippen LogP) is 3.96. The van der Waals surface area contributed by atoms with Crippen molar-refractivity contribution in [3.63, 3.8) is 0 Å². The minimum atomic E-state index is -0.858. The molecule has 0 radical (unpaired) electrons. The number of aliphatic hydroxyl groups is 1. The summed E-state index contributed by atoms with van der Waals surface area (Å²) in [7, 11) is 0. The van der Waals surface area contributed by atoms with Gasteiger partial charge in [0.15, 0.2) is 5.16 Å². The SMILES string of the molecule is CC(=O)NCC1CN(c2ccc(-c3ccc(CN(CC(O)CSc4ncn[nH]4)C(=O)OC(C)(C)C)cc3)c(F)c2)C(=O)O1. The highest BCUT2D eigenvalue weighted by molar-refractivity contribution is 7.99. The molecular weight excluding hydrogens is 579 g/mol. The number of H-pyrrole nitrogens is 1. The molecule has 3 amide bonds. The zero-order valence-electron chi connectivity index (χ0n) is 24.4. The topological polar surface area (TPSA) is 150 Å². The van der Waals surface area contributed by atoms with Crippen molar-refractivity contribution in [2.45, 2.75) is 57.2 Å². The summed E-state index contributed by atoms with van der Waals surface area (Å²) in [5, 5.41) is 20.3. The number of nitrogens with one attached hydrogen (secondary N) is 2. The highest BCUT2D eigenvalue weighted by Crippen LogP contribution is 2.29. The van der Waals surface area contributed by atoms with Gasteiger partial charge in [-0.25, -0.2) is 19.0 Å². The van der Waals surface area contributed by atoms with E-state index in [4.69, 9.17) is 9.47 Å². The van der Waals surface area contributed by atoms with Crippen LogP contribution in [-0.2, 0) is 20.8 Å². The standard InChI is InChI=1S/C29H35FN6O6S/c1-18(37)31-12-23-15-36(28(40)41-23)21-9-10-24(25(30)11-21)20-7-5-19(6-8-20)13-35(27(39)42-29(2,3)4)14-22(38)16-43-26-32-17-33-34-26/h5-11,17,22-23,38H,12-16H2,1-4H3,(H,31,37)(H,32,33,34). The number of amides is 3. The highest BCUT2D eigenvalue weighted by atomic mass is 32.2. The Kier molecular flexibility index (Phi) is 10.2. The minimum Gasteiger partial charge on any atom is -0.444 e. The second-order valence-corrected chi connectivity index (χ2v) is 12.0. The average molecular weight is 615 g/mol. The van der Waals surface area contributed by atoms with Gasteiger partial charge in [-0.2, -0.15) is 5.10 Å². The second-order valence-electron chi connectivity index (χ2n) is 11.0. The largest absolute Gasteiger partial charge is 0.444 e. The first-order chi connectivity index (χ1) is 20.4. The molecule has 2 atom stereocenters. The van der Waals surface area contributed by atoms with Gasteiger partial charge in [-0.1, -0.05) is 36.0 Å². The van der Waals surface area contributed by atoms with Gasteiger partial charge < -0.3 is 24.8 Å². The lowest BCUT2D eigenvalue weighted by molar-refractivity contribution is -0.119. The van der Waals surface area contributed by atoms with E-state index < -0.39 is 35.8 Å². The number of ether oxygens (including phenoxy) is 2. The number of aliphatic hydroxyl groups excluding tert-OH is 1. The van der Waals surface area contributed by atoms with E-state index in [9.17, 15) is 19.5 Å². The van der Waals surface area contributed by atoms with E-state index in [0.717, 1.165) is 5.56 Å². The molecule has 0 saturated carbocycles. The van der Waals surface area contributed by atoms with Crippen LogP contribution >= 0.6 is 11.8 Å². The van der Waals surface area contributed by atoms with Crippen molar-refractivity contribution in [3.8, 4) is 11.1 Å². The van der Waals surface area contributed by atoms with Crippen LogP contribution in [-0.4, -0.2) is 86.5 Å². The average Bonchev–Trinajstić information content (AvgIpc) is 3.59. The fourth-order valence-corrected chi connectivity index (χ4v) is 4.98. The van der Waals surface area contributed by atoms with Crippen LogP contribution in [0.25, 0.3) is 11.1 Å². The lowest BCUT2D eigenvalue weighted by atomic mass is 10.0. The molecule has 12 nitrogen and oxygen atoms in total. The van der Waals surface area contributed by atoms with Crippen LogP contribution in [0, 0.1) is 5.82 Å². The first kappa shape index (κ1) is 31.8. The number of thioether (sulfide) groups is 1. The lowest BCUT2D eigenvalue weighted by Crippen LogP contribution is -2.41. The number of cyclic esters (lactones) is 1. The Hall–Kier alpha value is -4.17. The number of anilines is 1. The Bertz CT molecular complexity index is 1420. The van der Waals surface area contributed by atoms with E-state index in [1.165, 1.54) is 40.9 Å². The zero-order valence-corrected chi connectivity index (χ0v) is 25.2. The molecule has 1 aliphatic heterocycles. The maximum atomic E-state index is 15.2. The first-order valence-corrected chi connectivity index (χ1v) is 14.6. The van der Waals surface area contributed by atoms with Crippen molar-refractivity contribution in [2.24, 2.45) is 0 Å². The van der Waals surface area contributed by atoms with Gasteiger partial charge in [-0.3, -0.25) is 14.8 Å². The molecule has 0 spiro atoms. The Morgan fingerprint density at radius 2 is 2.02 bits per heavy atom. The van der Waals surface area contributed by atoms with Crippen LogP contribution in [0.15, 0.2) is 53.9 Å². The third-order valence-electron chi connectivity index (χ3n) is 6.24. The molecule has 1 saturated heterocycles. The number of halogens is 1. The molecule has 1 aromatic heterocycles. The van der Waals surface area contributed by atoms with E-state index in [0.29, 0.717) is 22.0 Å². The number of nitrogens with zero attached hydrogens (tertiary/aromatic N) is 4. The zero-order chi connectivity index (χ0) is 31.1. The number of carbonyl (C=O) groups excluding carboxylic acids is 3. The van der Waals surface area contributed by atoms with Gasteiger partial charge in [0.2, 0.25) is 5.91 Å². The molecule has 14 heteroatoms. The lowest BCUT2D eigenvalue weighted by Gasteiger charge is -2.29. The maximum Gasteiger partial charge on any atom is 0.414 e. The molecular formula is C29H35FN6O6S. The van der Waals surface area contributed by atoms with Gasteiger partial charge in [0.25, 0.3) is 0 Å². The van der Waals surface area contributed by atoms with Gasteiger partial charge in [0.1, 0.15) is 23.8 Å². The van der Waals surface area contributed by atoms with E-state index in [1.807, 2.05) is 0 Å². The van der Waals surface area contributed by atoms with Gasteiger partial charge >= 0.3 is 12.2 Å². The third-order valence-corrected chi connectivity index (χ3v) is 7.27. The monoisotopic (exact) mass is 614 g/mol. The van der Waals surface area contributed by atoms with Crippen molar-refractivity contribution >= 4 is 35.5 Å². The number of rotatable bonds is 11. The summed E-state index contributed by atoms with van der Waals surface area (Å²) in [6.45, 7) is 7.24.